The standard InChI is InChI=1S/C25H18Cl2N2O3/c26-21-13-11-17(15-22(21)27)23-14-12-20(32-23)16-28-29-24(30)25(31,18-7-3-1-4-8-18)19-9-5-2-6-10-19/h1-16,31H,(H,29,30)/b28-16-. The van der Waals surface area contributed by atoms with Gasteiger partial charge in [-0.2, -0.15) is 5.10 Å². The van der Waals surface area contributed by atoms with Crippen molar-refractivity contribution in [1.29, 1.82) is 0 Å². The van der Waals surface area contributed by atoms with E-state index in [-0.39, 0.29) is 0 Å². The number of rotatable bonds is 6. The number of carbonyl (C=O) groups excluding carboxylic acids is 1. The number of halogens is 2. The lowest BCUT2D eigenvalue weighted by atomic mass is 9.85. The molecule has 0 atom stereocenters. The summed E-state index contributed by atoms with van der Waals surface area (Å²) < 4.78 is 5.74. The molecule has 0 aliphatic rings. The summed E-state index contributed by atoms with van der Waals surface area (Å²) in [5, 5.41) is 16.2. The lowest BCUT2D eigenvalue weighted by molar-refractivity contribution is -0.136. The predicted octanol–water partition coefficient (Wildman–Crippen LogP) is 5.64. The van der Waals surface area contributed by atoms with E-state index in [0.717, 1.165) is 5.56 Å². The van der Waals surface area contributed by atoms with Crippen molar-refractivity contribution in [2.24, 2.45) is 5.10 Å². The SMILES string of the molecule is O=C(N/N=C\c1ccc(-c2ccc(Cl)c(Cl)c2)o1)C(O)(c1ccccc1)c1ccccc1. The van der Waals surface area contributed by atoms with Crippen LogP contribution in [-0.4, -0.2) is 17.2 Å². The normalized spacial score (nSPS) is 11.6. The van der Waals surface area contributed by atoms with Gasteiger partial charge in [-0.25, -0.2) is 5.43 Å². The summed E-state index contributed by atoms with van der Waals surface area (Å²) >= 11 is 12.0. The average molecular weight is 465 g/mol. The Kier molecular flexibility index (Phi) is 6.42. The molecule has 160 valence electrons. The molecule has 0 spiro atoms. The lowest BCUT2D eigenvalue weighted by Crippen LogP contribution is -2.43. The van der Waals surface area contributed by atoms with Gasteiger partial charge < -0.3 is 9.52 Å². The minimum Gasteiger partial charge on any atom is -0.455 e. The van der Waals surface area contributed by atoms with E-state index in [2.05, 4.69) is 10.5 Å². The molecule has 0 saturated heterocycles. The Hall–Kier alpha value is -3.38. The molecular weight excluding hydrogens is 447 g/mol. The second-order valence-electron chi connectivity index (χ2n) is 6.97. The molecule has 4 rings (SSSR count). The number of aliphatic hydroxyl groups is 1. The van der Waals surface area contributed by atoms with Crippen LogP contribution >= 0.6 is 23.2 Å². The lowest BCUT2D eigenvalue weighted by Gasteiger charge is -2.26. The van der Waals surface area contributed by atoms with Crippen molar-refractivity contribution in [2.45, 2.75) is 5.60 Å². The molecule has 0 fully saturated rings. The summed E-state index contributed by atoms with van der Waals surface area (Å²) in [5.41, 5.74) is 2.12. The Morgan fingerprint density at radius 1 is 0.875 bits per heavy atom. The highest BCUT2D eigenvalue weighted by atomic mass is 35.5. The molecule has 0 unspecified atom stereocenters. The van der Waals surface area contributed by atoms with Crippen LogP contribution in [0.15, 0.2) is 101 Å². The average Bonchev–Trinajstić information content (AvgIpc) is 3.30. The summed E-state index contributed by atoms with van der Waals surface area (Å²) in [5.74, 6) is 0.290. The van der Waals surface area contributed by atoms with Crippen molar-refractivity contribution >= 4 is 35.3 Å². The highest BCUT2D eigenvalue weighted by Gasteiger charge is 2.39. The number of nitrogens with zero attached hydrogens (tertiary/aromatic N) is 1. The third-order valence-corrected chi connectivity index (χ3v) is 5.64. The monoisotopic (exact) mass is 464 g/mol. The molecule has 5 nitrogen and oxygen atoms in total. The van der Waals surface area contributed by atoms with Crippen molar-refractivity contribution in [1.82, 2.24) is 5.43 Å². The number of hydrogen-bond acceptors (Lipinski definition) is 4. The predicted molar refractivity (Wildman–Crippen MR) is 126 cm³/mol. The van der Waals surface area contributed by atoms with Crippen molar-refractivity contribution in [3.05, 3.63) is 118 Å². The van der Waals surface area contributed by atoms with Crippen molar-refractivity contribution in [2.75, 3.05) is 0 Å². The molecule has 0 aliphatic carbocycles. The number of furan rings is 1. The molecule has 1 heterocycles. The van der Waals surface area contributed by atoms with Crippen LogP contribution in [0.5, 0.6) is 0 Å². The number of carbonyl (C=O) groups is 1. The first-order valence-corrected chi connectivity index (χ1v) is 10.5. The fraction of sp³-hybridized carbons (Fsp3) is 0.0400. The Bertz CT molecular complexity index is 1220. The summed E-state index contributed by atoms with van der Waals surface area (Å²) in [6, 6.07) is 26.0. The largest absolute Gasteiger partial charge is 0.455 e. The highest BCUT2D eigenvalue weighted by Crippen LogP contribution is 2.31. The maximum atomic E-state index is 13.0. The van der Waals surface area contributed by atoms with Gasteiger partial charge in [-0.05, 0) is 41.5 Å². The Balaban J connectivity index is 1.54. The van der Waals surface area contributed by atoms with E-state index in [1.165, 1.54) is 6.21 Å². The minimum atomic E-state index is -1.91. The topological polar surface area (TPSA) is 74.8 Å². The zero-order chi connectivity index (χ0) is 22.6. The Morgan fingerprint density at radius 3 is 2.09 bits per heavy atom. The molecule has 0 bridgehead atoms. The quantitative estimate of drug-likeness (QED) is 0.286. The van der Waals surface area contributed by atoms with Crippen molar-refractivity contribution in [3.63, 3.8) is 0 Å². The van der Waals surface area contributed by atoms with E-state index >= 15 is 0 Å². The smallest absolute Gasteiger partial charge is 0.281 e. The van der Waals surface area contributed by atoms with Crippen LogP contribution in [0.1, 0.15) is 16.9 Å². The van der Waals surface area contributed by atoms with Crippen molar-refractivity contribution < 1.29 is 14.3 Å². The zero-order valence-corrected chi connectivity index (χ0v) is 18.2. The number of hydrazone groups is 1. The van der Waals surface area contributed by atoms with Crippen molar-refractivity contribution in [3.8, 4) is 11.3 Å². The fourth-order valence-electron chi connectivity index (χ4n) is 3.25. The van der Waals surface area contributed by atoms with E-state index in [4.69, 9.17) is 27.6 Å². The number of hydrogen-bond donors (Lipinski definition) is 2. The van der Waals surface area contributed by atoms with Gasteiger partial charge in [0, 0.05) is 5.56 Å². The van der Waals surface area contributed by atoms with Gasteiger partial charge in [0.05, 0.1) is 16.3 Å². The van der Waals surface area contributed by atoms with E-state index in [9.17, 15) is 9.90 Å². The molecule has 32 heavy (non-hydrogen) atoms. The Morgan fingerprint density at radius 2 is 1.50 bits per heavy atom. The van der Waals surface area contributed by atoms with Gasteiger partial charge in [-0.1, -0.05) is 83.9 Å². The summed E-state index contributed by atoms with van der Waals surface area (Å²) in [7, 11) is 0. The maximum absolute atomic E-state index is 13.0. The third-order valence-electron chi connectivity index (χ3n) is 4.90. The van der Waals surface area contributed by atoms with Gasteiger partial charge in [0.25, 0.3) is 5.91 Å². The molecule has 1 aromatic heterocycles. The highest BCUT2D eigenvalue weighted by molar-refractivity contribution is 6.42. The van der Waals surface area contributed by atoms with E-state index in [1.807, 2.05) is 12.1 Å². The summed E-state index contributed by atoms with van der Waals surface area (Å²) in [6.45, 7) is 0. The molecule has 2 N–H and O–H groups in total. The summed E-state index contributed by atoms with van der Waals surface area (Å²) in [4.78, 5) is 13.0. The Labute approximate surface area is 194 Å². The second kappa shape index (κ2) is 9.40. The van der Waals surface area contributed by atoms with Crippen LogP contribution in [0, 0.1) is 0 Å². The summed E-state index contributed by atoms with van der Waals surface area (Å²) in [6.07, 6.45) is 1.36. The van der Waals surface area contributed by atoms with Gasteiger partial charge in [-0.3, -0.25) is 4.79 Å². The van der Waals surface area contributed by atoms with Gasteiger partial charge in [0.2, 0.25) is 0 Å². The zero-order valence-electron chi connectivity index (χ0n) is 16.7. The van der Waals surface area contributed by atoms with Crippen LogP contribution in [0.4, 0.5) is 0 Å². The van der Waals surface area contributed by atoms with Crippen LogP contribution in [0.3, 0.4) is 0 Å². The molecule has 0 radical (unpaired) electrons. The molecule has 0 aliphatic heterocycles. The van der Waals surface area contributed by atoms with Crippen LogP contribution in [0.2, 0.25) is 10.0 Å². The number of amides is 1. The van der Waals surface area contributed by atoms with Gasteiger partial charge in [-0.15, -0.1) is 0 Å². The van der Waals surface area contributed by atoms with Gasteiger partial charge in [0.15, 0.2) is 5.60 Å². The first-order valence-electron chi connectivity index (χ1n) is 9.70. The molecule has 3 aromatic carbocycles. The van der Waals surface area contributed by atoms with Gasteiger partial charge in [0.1, 0.15) is 11.5 Å². The van der Waals surface area contributed by atoms with E-state index in [1.54, 1.807) is 78.9 Å². The third kappa shape index (κ3) is 4.46. The molecular formula is C25H18Cl2N2O3. The maximum Gasteiger partial charge on any atom is 0.281 e. The molecule has 1 amide bonds. The minimum absolute atomic E-state index is 0.411. The van der Waals surface area contributed by atoms with E-state index < -0.39 is 11.5 Å². The molecule has 0 saturated carbocycles. The van der Waals surface area contributed by atoms with Crippen LogP contribution < -0.4 is 5.43 Å². The second-order valence-corrected chi connectivity index (χ2v) is 7.79. The van der Waals surface area contributed by atoms with Crippen LogP contribution in [0.25, 0.3) is 11.3 Å². The molecule has 4 aromatic rings. The van der Waals surface area contributed by atoms with E-state index in [0.29, 0.717) is 32.7 Å². The first kappa shape index (κ1) is 21.8. The molecule has 7 heteroatoms. The number of nitrogens with one attached hydrogen (secondary N) is 1. The van der Waals surface area contributed by atoms with Crippen LogP contribution in [-0.2, 0) is 10.4 Å². The fourth-order valence-corrected chi connectivity index (χ4v) is 3.55. The van der Waals surface area contributed by atoms with Gasteiger partial charge >= 0.3 is 0 Å². The number of benzene rings is 3. The first-order chi connectivity index (χ1) is 15.5.